The number of hydrogen-bond acceptors (Lipinski definition) is 7. The van der Waals surface area contributed by atoms with Gasteiger partial charge in [-0.15, -0.1) is 0 Å². The van der Waals surface area contributed by atoms with Gasteiger partial charge >= 0.3 is 5.97 Å². The van der Waals surface area contributed by atoms with Gasteiger partial charge in [-0.3, -0.25) is 0 Å². The predicted molar refractivity (Wildman–Crippen MR) is 126 cm³/mol. The van der Waals surface area contributed by atoms with Gasteiger partial charge in [0.1, 0.15) is 24.0 Å². The molecule has 1 aliphatic rings. The number of aryl methyl sites for hydroxylation is 2. The second-order valence-electron chi connectivity index (χ2n) is 8.11. The van der Waals surface area contributed by atoms with Gasteiger partial charge in [-0.2, -0.15) is 0 Å². The Bertz CT molecular complexity index is 1050. The lowest BCUT2D eigenvalue weighted by molar-refractivity contribution is -0.138. The number of nitrogens with zero attached hydrogens (tertiary/aromatic N) is 3. The molecule has 1 aromatic carbocycles. The van der Waals surface area contributed by atoms with Crippen LogP contribution in [0.15, 0.2) is 42.7 Å². The summed E-state index contributed by atoms with van der Waals surface area (Å²) in [4.78, 5) is 24.9. The number of benzene rings is 1. The normalized spacial score (nSPS) is 13.9. The van der Waals surface area contributed by atoms with E-state index in [0.29, 0.717) is 18.8 Å². The zero-order valence-corrected chi connectivity index (χ0v) is 18.2. The van der Waals surface area contributed by atoms with Crippen LogP contribution in [0.2, 0.25) is 0 Å². The van der Waals surface area contributed by atoms with Crippen LogP contribution in [0.5, 0.6) is 0 Å². The second-order valence-corrected chi connectivity index (χ2v) is 8.11. The van der Waals surface area contributed by atoms with Gasteiger partial charge in [0.15, 0.2) is 0 Å². The third-order valence-electron chi connectivity index (χ3n) is 5.75. The van der Waals surface area contributed by atoms with Crippen LogP contribution in [0.4, 0.5) is 11.6 Å². The van der Waals surface area contributed by atoms with Crippen LogP contribution in [0.25, 0.3) is 10.9 Å². The molecule has 0 bridgehead atoms. The molecule has 1 unspecified atom stereocenters. The summed E-state index contributed by atoms with van der Waals surface area (Å²) in [7, 11) is 0. The van der Waals surface area contributed by atoms with E-state index in [9.17, 15) is 9.90 Å². The van der Waals surface area contributed by atoms with E-state index in [1.54, 1.807) is 0 Å². The first-order valence-corrected chi connectivity index (χ1v) is 11.3. The zero-order valence-electron chi connectivity index (χ0n) is 18.2. The Morgan fingerprint density at radius 3 is 2.94 bits per heavy atom. The highest BCUT2D eigenvalue weighted by molar-refractivity contribution is 5.90. The molecule has 4 rings (SSSR count). The van der Waals surface area contributed by atoms with Crippen molar-refractivity contribution in [1.29, 1.82) is 0 Å². The lowest BCUT2D eigenvalue weighted by Crippen LogP contribution is -2.33. The highest BCUT2D eigenvalue weighted by atomic mass is 16.4. The number of hydrogen-bond donors (Lipinski definition) is 4. The Hall–Kier alpha value is -3.26. The van der Waals surface area contributed by atoms with Gasteiger partial charge in [0.2, 0.25) is 0 Å². The highest BCUT2D eigenvalue weighted by Gasteiger charge is 2.18. The van der Waals surface area contributed by atoms with Gasteiger partial charge in [-0.05, 0) is 75.4 Å². The fraction of sp³-hybridized carbons (Fsp3) is 0.417. The van der Waals surface area contributed by atoms with E-state index in [0.717, 1.165) is 61.2 Å². The Labute approximate surface area is 187 Å². The summed E-state index contributed by atoms with van der Waals surface area (Å²) >= 11 is 0. The highest BCUT2D eigenvalue weighted by Crippen LogP contribution is 2.21. The summed E-state index contributed by atoms with van der Waals surface area (Å²) in [5, 5.41) is 20.2. The van der Waals surface area contributed by atoms with Crippen molar-refractivity contribution < 1.29 is 9.90 Å². The van der Waals surface area contributed by atoms with Gasteiger partial charge in [0.05, 0.1) is 5.52 Å². The minimum Gasteiger partial charge on any atom is -0.480 e. The molecule has 8 nitrogen and oxygen atoms in total. The largest absolute Gasteiger partial charge is 0.480 e. The third-order valence-corrected chi connectivity index (χ3v) is 5.75. The number of aliphatic carboxylic acids is 1. The van der Waals surface area contributed by atoms with E-state index in [4.69, 9.17) is 4.98 Å². The maximum absolute atomic E-state index is 11.7. The number of carboxylic acid groups (broad SMARTS) is 1. The van der Waals surface area contributed by atoms with Gasteiger partial charge in [0.25, 0.3) is 0 Å². The maximum atomic E-state index is 11.7. The van der Waals surface area contributed by atoms with E-state index in [1.807, 2.05) is 24.3 Å². The number of fused-ring (bicyclic) bond motifs is 2. The van der Waals surface area contributed by atoms with Crippen molar-refractivity contribution in [3.63, 3.8) is 0 Å². The molecular formula is C24H30N6O2. The lowest BCUT2D eigenvalue weighted by atomic mass is 10.1. The zero-order chi connectivity index (χ0) is 22.2. The molecule has 168 valence electrons. The van der Waals surface area contributed by atoms with Crippen LogP contribution in [0.1, 0.15) is 36.9 Å². The summed E-state index contributed by atoms with van der Waals surface area (Å²) in [6, 6.07) is 11.2. The number of anilines is 2. The molecule has 0 saturated carbocycles. The molecule has 0 aliphatic carbocycles. The number of para-hydroxylation sites is 1. The number of carboxylic acids is 1. The van der Waals surface area contributed by atoms with Crippen LogP contribution < -0.4 is 16.0 Å². The SMILES string of the molecule is O=C(O)C(CCNCCCCc1ccc2c(n1)NCCC2)Nc1ncnc2ccccc12. The molecule has 0 fully saturated rings. The van der Waals surface area contributed by atoms with Crippen LogP contribution in [-0.2, 0) is 17.6 Å². The first-order valence-electron chi connectivity index (χ1n) is 11.3. The number of rotatable bonds is 11. The van der Waals surface area contributed by atoms with Crippen LogP contribution in [0, 0.1) is 0 Å². The topological polar surface area (TPSA) is 112 Å². The van der Waals surface area contributed by atoms with Crippen molar-refractivity contribution in [2.24, 2.45) is 0 Å². The molecule has 0 radical (unpaired) electrons. The van der Waals surface area contributed by atoms with Crippen molar-refractivity contribution in [2.75, 3.05) is 30.3 Å². The average molecular weight is 435 g/mol. The van der Waals surface area contributed by atoms with Crippen molar-refractivity contribution in [2.45, 2.75) is 44.6 Å². The maximum Gasteiger partial charge on any atom is 0.326 e. The Morgan fingerprint density at radius 1 is 1.12 bits per heavy atom. The fourth-order valence-electron chi connectivity index (χ4n) is 3.98. The van der Waals surface area contributed by atoms with E-state index < -0.39 is 12.0 Å². The Kier molecular flexibility index (Phi) is 7.45. The summed E-state index contributed by atoms with van der Waals surface area (Å²) in [5.41, 5.74) is 3.24. The van der Waals surface area contributed by atoms with Crippen LogP contribution in [-0.4, -0.2) is 51.7 Å². The number of aromatic nitrogens is 3. The smallest absolute Gasteiger partial charge is 0.326 e. The Balaban J connectivity index is 1.18. The summed E-state index contributed by atoms with van der Waals surface area (Å²) in [6.45, 7) is 2.48. The van der Waals surface area contributed by atoms with E-state index in [2.05, 4.69) is 38.1 Å². The number of nitrogens with one attached hydrogen (secondary N) is 3. The van der Waals surface area contributed by atoms with Gasteiger partial charge in [0, 0.05) is 17.6 Å². The molecule has 0 spiro atoms. The quantitative estimate of drug-likeness (QED) is 0.340. The molecule has 1 aliphatic heterocycles. The number of unbranched alkanes of at least 4 members (excludes halogenated alkanes) is 1. The molecular weight excluding hydrogens is 404 g/mol. The van der Waals surface area contributed by atoms with Crippen molar-refractivity contribution >= 4 is 28.5 Å². The van der Waals surface area contributed by atoms with E-state index in [1.165, 1.54) is 18.3 Å². The molecule has 4 N–H and O–H groups in total. The first-order chi connectivity index (χ1) is 15.7. The van der Waals surface area contributed by atoms with Crippen molar-refractivity contribution in [3.05, 3.63) is 54.0 Å². The fourth-order valence-corrected chi connectivity index (χ4v) is 3.98. The second kappa shape index (κ2) is 10.9. The number of pyridine rings is 1. The predicted octanol–water partition coefficient (Wildman–Crippen LogP) is 3.25. The van der Waals surface area contributed by atoms with E-state index in [-0.39, 0.29) is 0 Å². The first kappa shape index (κ1) is 22.0. The molecule has 2 aromatic heterocycles. The minimum atomic E-state index is -0.887. The molecule has 3 aromatic rings. The molecule has 8 heteroatoms. The monoisotopic (exact) mass is 434 g/mol. The molecule has 0 amide bonds. The lowest BCUT2D eigenvalue weighted by Gasteiger charge is -2.17. The van der Waals surface area contributed by atoms with Gasteiger partial charge in [-0.25, -0.2) is 19.7 Å². The molecule has 1 atom stereocenters. The Morgan fingerprint density at radius 2 is 2.03 bits per heavy atom. The van der Waals surface area contributed by atoms with Crippen molar-refractivity contribution in [3.8, 4) is 0 Å². The third kappa shape index (κ3) is 5.70. The molecule has 0 saturated heterocycles. The van der Waals surface area contributed by atoms with Crippen LogP contribution >= 0.6 is 0 Å². The standard InChI is InChI=1S/C24H30N6O2/c31-24(32)21(30-23-19-8-1-2-9-20(19)27-16-28-23)12-15-25-13-4-3-7-18-11-10-17-6-5-14-26-22(17)29-18/h1-2,8-11,16,21,25H,3-7,12-15H2,(H,26,29)(H,31,32)(H,27,28,30). The van der Waals surface area contributed by atoms with E-state index >= 15 is 0 Å². The summed E-state index contributed by atoms with van der Waals surface area (Å²) < 4.78 is 0. The summed E-state index contributed by atoms with van der Waals surface area (Å²) in [5.74, 6) is 0.715. The average Bonchev–Trinajstić information content (AvgIpc) is 2.82. The van der Waals surface area contributed by atoms with Crippen molar-refractivity contribution in [1.82, 2.24) is 20.3 Å². The van der Waals surface area contributed by atoms with Gasteiger partial charge in [-0.1, -0.05) is 18.2 Å². The molecule has 3 heterocycles. The van der Waals surface area contributed by atoms with Gasteiger partial charge < -0.3 is 21.1 Å². The molecule has 32 heavy (non-hydrogen) atoms. The van der Waals surface area contributed by atoms with Crippen LogP contribution in [0.3, 0.4) is 0 Å². The summed E-state index contributed by atoms with van der Waals surface area (Å²) in [6.07, 6.45) is 7.23. The minimum absolute atomic E-state index is 0.464. The number of carbonyl (C=O) groups is 1.